The van der Waals surface area contributed by atoms with Crippen molar-refractivity contribution in [2.75, 3.05) is 19.8 Å². The zero-order valence-corrected chi connectivity index (χ0v) is 23.9. The predicted molar refractivity (Wildman–Crippen MR) is 152 cm³/mol. The van der Waals surface area contributed by atoms with E-state index in [1.807, 2.05) is 0 Å². The molecule has 0 spiro atoms. The first-order valence-corrected chi connectivity index (χ1v) is 14.2. The summed E-state index contributed by atoms with van der Waals surface area (Å²) in [6, 6.07) is 8.15. The normalized spacial score (nSPS) is 32.0. The van der Waals surface area contributed by atoms with E-state index in [9.17, 15) is 55.9 Å². The number of ether oxygens (including phenoxy) is 4. The number of phenolic OH excluding ortho intramolecular Hbond substituents is 4. The maximum atomic E-state index is 12.4. The Morgan fingerprint density at radius 1 is 0.844 bits per heavy atom. The average molecular weight is 639 g/mol. The second-order valence-corrected chi connectivity index (χ2v) is 11.0. The minimum atomic E-state index is -1.81. The Balaban J connectivity index is 1.45. The number of aliphatic hydroxyl groups excluding tert-OH is 6. The third kappa shape index (κ3) is 8.40. The zero-order valence-electron chi connectivity index (χ0n) is 23.9. The van der Waals surface area contributed by atoms with Gasteiger partial charge in [-0.25, -0.2) is 4.79 Å². The first-order chi connectivity index (χ1) is 21.4. The van der Waals surface area contributed by atoms with Crippen LogP contribution in [0.25, 0.3) is 6.08 Å². The molecule has 15 heteroatoms. The van der Waals surface area contributed by atoms with Crippen LogP contribution < -0.4 is 0 Å². The molecule has 4 rings (SSSR count). The Bertz CT molecular complexity index is 1320. The van der Waals surface area contributed by atoms with Gasteiger partial charge in [0.05, 0.1) is 32.0 Å². The summed E-state index contributed by atoms with van der Waals surface area (Å²) >= 11 is 0. The summed E-state index contributed by atoms with van der Waals surface area (Å²) in [6.45, 7) is -1.07. The van der Waals surface area contributed by atoms with Crippen LogP contribution in [-0.2, 0) is 30.2 Å². The predicted octanol–water partition coefficient (Wildman–Crippen LogP) is -1.38. The highest BCUT2D eigenvalue weighted by atomic mass is 16.7. The lowest BCUT2D eigenvalue weighted by Crippen LogP contribution is -2.63. The SMILES string of the molecule is O=C(/C=C/c1ccc(O)c(O)c1)OC[C@H]1C[C@@H](OCCc2ccc(O)c(O)c2)[C@H](O)[C@@H](O[C@@H]2O[C@H](CO)[C@@H](O)[C@H](O)[C@H]2O)[C@@H]1O. The molecule has 1 aliphatic heterocycles. The highest BCUT2D eigenvalue weighted by Gasteiger charge is 2.50. The summed E-state index contributed by atoms with van der Waals surface area (Å²) in [6.07, 6.45) is -11.1. The average Bonchev–Trinajstić information content (AvgIpc) is 3.01. The number of aromatic hydroxyl groups is 4. The van der Waals surface area contributed by atoms with Gasteiger partial charge in [-0.15, -0.1) is 0 Å². The third-order valence-electron chi connectivity index (χ3n) is 7.83. The Labute approximate surface area is 257 Å². The highest BCUT2D eigenvalue weighted by Crippen LogP contribution is 2.34. The van der Waals surface area contributed by atoms with Crippen molar-refractivity contribution in [2.24, 2.45) is 5.92 Å². The number of rotatable bonds is 11. The fraction of sp³-hybridized carbons (Fsp3) is 0.500. The summed E-state index contributed by atoms with van der Waals surface area (Å²) in [5, 5.41) is 101. The molecule has 2 fully saturated rings. The quantitative estimate of drug-likeness (QED) is 0.0773. The van der Waals surface area contributed by atoms with Crippen molar-refractivity contribution in [3.05, 3.63) is 53.6 Å². The van der Waals surface area contributed by atoms with E-state index in [4.69, 9.17) is 18.9 Å². The monoisotopic (exact) mass is 638 g/mol. The van der Waals surface area contributed by atoms with E-state index < -0.39 is 73.6 Å². The summed E-state index contributed by atoms with van der Waals surface area (Å²) < 4.78 is 22.3. The number of esters is 1. The van der Waals surface area contributed by atoms with Crippen LogP contribution in [0, 0.1) is 5.92 Å². The van der Waals surface area contributed by atoms with E-state index >= 15 is 0 Å². The van der Waals surface area contributed by atoms with Gasteiger partial charge in [0.1, 0.15) is 36.6 Å². The number of benzene rings is 2. The number of aliphatic hydroxyl groups is 6. The zero-order chi connectivity index (χ0) is 32.8. The van der Waals surface area contributed by atoms with Gasteiger partial charge >= 0.3 is 5.97 Å². The Hall–Kier alpha value is -3.51. The smallest absolute Gasteiger partial charge is 0.330 e. The van der Waals surface area contributed by atoms with Gasteiger partial charge in [-0.3, -0.25) is 0 Å². The van der Waals surface area contributed by atoms with E-state index in [-0.39, 0.29) is 49.1 Å². The molecule has 2 aromatic carbocycles. The van der Waals surface area contributed by atoms with Gasteiger partial charge in [-0.1, -0.05) is 12.1 Å². The Morgan fingerprint density at radius 2 is 1.53 bits per heavy atom. The van der Waals surface area contributed by atoms with Crippen molar-refractivity contribution < 1.29 is 74.8 Å². The molecule has 2 aromatic rings. The number of hydrogen-bond acceptors (Lipinski definition) is 15. The van der Waals surface area contributed by atoms with Gasteiger partial charge in [-0.05, 0) is 54.3 Å². The first-order valence-electron chi connectivity index (χ1n) is 14.2. The number of phenols is 4. The van der Waals surface area contributed by atoms with E-state index in [2.05, 4.69) is 0 Å². The molecule has 15 nitrogen and oxygen atoms in total. The standard InChI is InChI=1S/C30H38O15/c31-12-22-25(38)27(40)28(41)30(44-22)45-29-24(37)16(13-43-23(36)6-3-14-1-4-17(32)19(34)9-14)11-21(26(29)39)42-8-7-15-2-5-18(33)20(35)10-15/h1-6,9-10,16,21-22,24-35,37-41H,7-8,11-13H2/b6-3+/t16-,21-,22-,24-,25-,26+,27+,28-,29+,30+/m1/s1. The summed E-state index contributed by atoms with van der Waals surface area (Å²) in [5.41, 5.74) is 1.01. The Morgan fingerprint density at radius 3 is 2.20 bits per heavy atom. The number of carbonyl (C=O) groups excluding carboxylic acids is 1. The largest absolute Gasteiger partial charge is 0.504 e. The lowest BCUT2D eigenvalue weighted by molar-refractivity contribution is -0.333. The van der Waals surface area contributed by atoms with Crippen LogP contribution in [0.5, 0.6) is 23.0 Å². The van der Waals surface area contributed by atoms with Crippen molar-refractivity contribution in [1.29, 1.82) is 0 Å². The molecule has 248 valence electrons. The maximum Gasteiger partial charge on any atom is 0.330 e. The van der Waals surface area contributed by atoms with Crippen LogP contribution in [0.4, 0.5) is 0 Å². The molecule has 45 heavy (non-hydrogen) atoms. The van der Waals surface area contributed by atoms with Gasteiger partial charge < -0.3 is 70.0 Å². The fourth-order valence-corrected chi connectivity index (χ4v) is 5.19. The summed E-state index contributed by atoms with van der Waals surface area (Å²) in [4.78, 5) is 12.4. The molecule has 1 heterocycles. The molecule has 0 amide bonds. The van der Waals surface area contributed by atoms with E-state index in [1.165, 1.54) is 36.4 Å². The van der Waals surface area contributed by atoms with Gasteiger partial charge in [0.2, 0.25) is 0 Å². The highest BCUT2D eigenvalue weighted by molar-refractivity contribution is 5.87. The summed E-state index contributed by atoms with van der Waals surface area (Å²) in [5.74, 6) is -3.01. The fourth-order valence-electron chi connectivity index (χ4n) is 5.19. The molecule has 1 saturated heterocycles. The van der Waals surface area contributed by atoms with Gasteiger partial charge in [0.25, 0.3) is 0 Å². The van der Waals surface area contributed by atoms with Crippen molar-refractivity contribution in [3.63, 3.8) is 0 Å². The number of hydrogen-bond donors (Lipinski definition) is 10. The lowest BCUT2D eigenvalue weighted by atomic mass is 9.80. The molecule has 2 aliphatic rings. The van der Waals surface area contributed by atoms with Crippen molar-refractivity contribution >= 4 is 12.0 Å². The second kappa shape index (κ2) is 15.2. The van der Waals surface area contributed by atoms with Crippen molar-refractivity contribution in [1.82, 2.24) is 0 Å². The maximum absolute atomic E-state index is 12.4. The van der Waals surface area contributed by atoms with Crippen LogP contribution in [0.15, 0.2) is 42.5 Å². The van der Waals surface area contributed by atoms with Crippen LogP contribution in [0.2, 0.25) is 0 Å². The number of carbonyl (C=O) groups is 1. The van der Waals surface area contributed by atoms with Crippen LogP contribution in [0.1, 0.15) is 17.5 Å². The van der Waals surface area contributed by atoms with Gasteiger partial charge in [0.15, 0.2) is 29.3 Å². The van der Waals surface area contributed by atoms with E-state index in [0.717, 1.165) is 6.08 Å². The minimum absolute atomic E-state index is 0.0134. The third-order valence-corrected chi connectivity index (χ3v) is 7.83. The molecular formula is C30H38O15. The van der Waals surface area contributed by atoms with E-state index in [1.54, 1.807) is 6.07 Å². The molecule has 0 radical (unpaired) electrons. The molecule has 1 saturated carbocycles. The van der Waals surface area contributed by atoms with Crippen LogP contribution in [0.3, 0.4) is 0 Å². The van der Waals surface area contributed by atoms with Gasteiger partial charge in [0, 0.05) is 12.0 Å². The van der Waals surface area contributed by atoms with Crippen LogP contribution >= 0.6 is 0 Å². The minimum Gasteiger partial charge on any atom is -0.504 e. The van der Waals surface area contributed by atoms with Crippen molar-refractivity contribution in [3.8, 4) is 23.0 Å². The first kappa shape index (κ1) is 34.4. The lowest BCUT2D eigenvalue weighted by Gasteiger charge is -2.46. The molecule has 1 aliphatic carbocycles. The second-order valence-electron chi connectivity index (χ2n) is 11.0. The molecule has 0 aromatic heterocycles. The molecular weight excluding hydrogens is 600 g/mol. The summed E-state index contributed by atoms with van der Waals surface area (Å²) in [7, 11) is 0. The van der Waals surface area contributed by atoms with Gasteiger partial charge in [-0.2, -0.15) is 0 Å². The molecule has 0 bridgehead atoms. The van der Waals surface area contributed by atoms with E-state index in [0.29, 0.717) is 11.1 Å². The Kier molecular flexibility index (Phi) is 11.6. The molecule has 10 N–H and O–H groups in total. The topological polar surface area (TPSA) is 256 Å². The van der Waals surface area contributed by atoms with Crippen molar-refractivity contribution in [2.45, 2.75) is 68.0 Å². The molecule has 0 unspecified atom stereocenters. The van der Waals surface area contributed by atoms with Crippen LogP contribution in [-0.4, -0.2) is 132 Å². The molecule has 10 atom stereocenters.